The van der Waals surface area contributed by atoms with Gasteiger partial charge >= 0.3 is 19.8 Å². The molecule has 0 spiro atoms. The third kappa shape index (κ3) is 29.8. The Bertz CT molecular complexity index is 800. The summed E-state index contributed by atoms with van der Waals surface area (Å²) in [6.45, 7) is 5.73. The van der Waals surface area contributed by atoms with Crippen LogP contribution in [0.4, 0.5) is 0 Å². The predicted octanol–water partition coefficient (Wildman–Crippen LogP) is 7.70. The maximum atomic E-state index is 12.3. The van der Waals surface area contributed by atoms with Crippen LogP contribution >= 0.6 is 7.82 Å². The minimum Gasteiger partial charge on any atom is -0.462 e. The van der Waals surface area contributed by atoms with E-state index in [0.717, 1.165) is 63.7 Å². The van der Waals surface area contributed by atoms with Crippen molar-refractivity contribution in [3.8, 4) is 0 Å². The Morgan fingerprint density at radius 2 is 1.29 bits per heavy atom. The number of hydrogen-bond donors (Lipinski definition) is 4. The summed E-state index contributed by atoms with van der Waals surface area (Å²) in [4.78, 5) is 42.5. The van der Waals surface area contributed by atoms with Crippen LogP contribution in [0.5, 0.6) is 0 Å². The summed E-state index contributed by atoms with van der Waals surface area (Å²) in [7, 11) is -4.78. The van der Waals surface area contributed by atoms with Gasteiger partial charge in [0.25, 0.3) is 0 Å². The molecular weight excluding hydrogens is 599 g/mol. The highest BCUT2D eigenvalue weighted by molar-refractivity contribution is 7.46. The first kappa shape index (κ1) is 43.7. The first-order valence-electron chi connectivity index (χ1n) is 17.5. The highest BCUT2D eigenvalue weighted by Gasteiger charge is 2.23. The van der Waals surface area contributed by atoms with E-state index >= 15 is 0 Å². The number of carbonyl (C=O) groups is 2. The van der Waals surface area contributed by atoms with Gasteiger partial charge in [0.2, 0.25) is 0 Å². The lowest BCUT2D eigenvalue weighted by molar-refractivity contribution is -0.161. The maximum Gasteiger partial charge on any atom is 0.469 e. The lowest BCUT2D eigenvalue weighted by Crippen LogP contribution is -2.29. The van der Waals surface area contributed by atoms with Crippen molar-refractivity contribution in [1.82, 2.24) is 0 Å². The number of allylic oxidation sites excluding steroid dienone is 1. The fourth-order valence-electron chi connectivity index (χ4n) is 4.84. The Morgan fingerprint density at radius 1 is 0.711 bits per heavy atom. The molecule has 0 heterocycles. The Labute approximate surface area is 272 Å². The SMILES string of the molecule is CCCCC/C=C\C[C@@H](O)[C@H](O)CCCCCCCC(=O)OC[C@H](COP(=O)(O)O)OC(=O)CCCCCCCCC(C)CC. The summed E-state index contributed by atoms with van der Waals surface area (Å²) in [5, 5.41) is 20.3. The molecule has 11 heteroatoms. The van der Waals surface area contributed by atoms with E-state index in [0.29, 0.717) is 25.7 Å². The average Bonchev–Trinajstić information content (AvgIpc) is 3.00. The Morgan fingerprint density at radius 3 is 1.89 bits per heavy atom. The van der Waals surface area contributed by atoms with Crippen molar-refractivity contribution in [2.45, 2.75) is 174 Å². The molecule has 0 aliphatic rings. The highest BCUT2D eigenvalue weighted by Crippen LogP contribution is 2.36. The van der Waals surface area contributed by atoms with Gasteiger partial charge in [-0.15, -0.1) is 0 Å². The number of unbranched alkanes of at least 4 members (excludes halogenated alkanes) is 12. The minimum atomic E-state index is -4.78. The summed E-state index contributed by atoms with van der Waals surface area (Å²) in [5.41, 5.74) is 0. The van der Waals surface area contributed by atoms with Gasteiger partial charge in [-0.25, -0.2) is 4.57 Å². The normalized spacial score (nSPS) is 14.7. The number of aliphatic hydroxyl groups is 2. The molecule has 0 aromatic heterocycles. The second-order valence-corrected chi connectivity index (χ2v) is 13.6. The molecule has 266 valence electrons. The standard InChI is InChI=1S/C34H65O10P/c1-4-6-7-8-13-18-23-31(35)32(36)24-19-14-11-16-20-25-33(37)42-27-30(28-43-45(39,40)41)44-34(38)26-21-15-10-9-12-17-22-29(3)5-2/h13,18,29-32,35-36H,4-12,14-17,19-28H2,1-3H3,(H2,39,40,41)/b18-13-/t29?,30-,31-,32-/m1/s1. The van der Waals surface area contributed by atoms with Crippen LogP contribution in [0.3, 0.4) is 0 Å². The van der Waals surface area contributed by atoms with Gasteiger partial charge in [0, 0.05) is 12.8 Å². The van der Waals surface area contributed by atoms with Gasteiger partial charge in [0.05, 0.1) is 18.8 Å². The number of esters is 2. The lowest BCUT2D eigenvalue weighted by atomic mass is 10.00. The molecule has 0 aromatic carbocycles. The smallest absolute Gasteiger partial charge is 0.462 e. The molecule has 10 nitrogen and oxygen atoms in total. The lowest BCUT2D eigenvalue weighted by Gasteiger charge is -2.18. The van der Waals surface area contributed by atoms with Crippen LogP contribution < -0.4 is 0 Å². The van der Waals surface area contributed by atoms with Gasteiger partial charge in [-0.2, -0.15) is 0 Å². The molecule has 0 saturated heterocycles. The van der Waals surface area contributed by atoms with Crippen molar-refractivity contribution in [3.63, 3.8) is 0 Å². The van der Waals surface area contributed by atoms with E-state index in [2.05, 4.69) is 31.4 Å². The molecule has 0 aromatic rings. The number of phosphoric ester groups is 1. The minimum absolute atomic E-state index is 0.170. The van der Waals surface area contributed by atoms with Crippen LogP contribution in [0.2, 0.25) is 0 Å². The van der Waals surface area contributed by atoms with E-state index in [9.17, 15) is 24.4 Å². The fraction of sp³-hybridized carbons (Fsp3) is 0.882. The first-order chi connectivity index (χ1) is 21.5. The Hall–Kier alpha value is -1.29. The Balaban J connectivity index is 4.13. The van der Waals surface area contributed by atoms with Crippen LogP contribution in [-0.2, 0) is 28.2 Å². The summed E-state index contributed by atoms with van der Waals surface area (Å²) in [6.07, 6.45) is 19.8. The predicted molar refractivity (Wildman–Crippen MR) is 177 cm³/mol. The molecule has 0 bridgehead atoms. The first-order valence-corrected chi connectivity index (χ1v) is 19.1. The molecule has 4 atom stereocenters. The van der Waals surface area contributed by atoms with Gasteiger partial charge in [0.1, 0.15) is 6.61 Å². The Kier molecular flexibility index (Phi) is 28.1. The van der Waals surface area contributed by atoms with E-state index in [1.54, 1.807) is 0 Å². The molecule has 0 fully saturated rings. The fourth-order valence-corrected chi connectivity index (χ4v) is 5.20. The van der Waals surface area contributed by atoms with Gasteiger partial charge in [-0.05, 0) is 44.4 Å². The summed E-state index contributed by atoms with van der Waals surface area (Å²) in [5.74, 6) is -0.233. The molecule has 0 saturated carbocycles. The van der Waals surface area contributed by atoms with Crippen LogP contribution in [0, 0.1) is 5.92 Å². The third-order valence-electron chi connectivity index (χ3n) is 8.03. The number of rotatable bonds is 31. The molecule has 0 amide bonds. The van der Waals surface area contributed by atoms with Crippen molar-refractivity contribution in [1.29, 1.82) is 0 Å². The van der Waals surface area contributed by atoms with Crippen LogP contribution in [-0.4, -0.2) is 63.5 Å². The zero-order valence-corrected chi connectivity index (χ0v) is 29.3. The molecule has 0 rings (SSSR count). The van der Waals surface area contributed by atoms with E-state index in [4.69, 9.17) is 19.3 Å². The number of aliphatic hydroxyl groups excluding tert-OH is 2. The third-order valence-corrected chi connectivity index (χ3v) is 8.51. The number of carbonyl (C=O) groups excluding carboxylic acids is 2. The van der Waals surface area contributed by atoms with Crippen molar-refractivity contribution in [3.05, 3.63) is 12.2 Å². The van der Waals surface area contributed by atoms with E-state index in [-0.39, 0.29) is 19.4 Å². The molecule has 4 N–H and O–H groups in total. The number of phosphoric acid groups is 1. The number of ether oxygens (including phenoxy) is 2. The highest BCUT2D eigenvalue weighted by atomic mass is 31.2. The van der Waals surface area contributed by atoms with Crippen molar-refractivity contribution in [2.24, 2.45) is 5.92 Å². The van der Waals surface area contributed by atoms with Gasteiger partial charge in [0.15, 0.2) is 6.10 Å². The zero-order valence-electron chi connectivity index (χ0n) is 28.4. The second kappa shape index (κ2) is 28.9. The van der Waals surface area contributed by atoms with Gasteiger partial charge in [-0.3, -0.25) is 14.1 Å². The second-order valence-electron chi connectivity index (χ2n) is 12.4. The molecule has 0 aliphatic carbocycles. The molecule has 1 unspecified atom stereocenters. The molecule has 0 aliphatic heterocycles. The van der Waals surface area contributed by atoms with Crippen LogP contribution in [0.15, 0.2) is 12.2 Å². The largest absolute Gasteiger partial charge is 0.469 e. The molecule has 45 heavy (non-hydrogen) atoms. The average molecular weight is 665 g/mol. The molecule has 0 radical (unpaired) electrons. The van der Waals surface area contributed by atoms with Crippen molar-refractivity contribution in [2.75, 3.05) is 13.2 Å². The molecular formula is C34H65O10P. The summed E-state index contributed by atoms with van der Waals surface area (Å²) >= 11 is 0. The summed E-state index contributed by atoms with van der Waals surface area (Å²) < 4.78 is 26.1. The monoisotopic (exact) mass is 664 g/mol. The topological polar surface area (TPSA) is 160 Å². The van der Waals surface area contributed by atoms with Gasteiger partial charge < -0.3 is 29.5 Å². The van der Waals surface area contributed by atoms with Crippen LogP contribution in [0.1, 0.15) is 156 Å². The quantitative estimate of drug-likeness (QED) is 0.0250. The van der Waals surface area contributed by atoms with Crippen molar-refractivity contribution < 1.29 is 48.2 Å². The zero-order chi connectivity index (χ0) is 33.8. The van der Waals surface area contributed by atoms with E-state index in [1.165, 1.54) is 38.5 Å². The van der Waals surface area contributed by atoms with E-state index in [1.807, 2.05) is 6.08 Å². The van der Waals surface area contributed by atoms with Gasteiger partial charge in [-0.1, -0.05) is 116 Å². The van der Waals surface area contributed by atoms with E-state index < -0.39 is 44.7 Å². The number of hydrogen-bond acceptors (Lipinski definition) is 8. The van der Waals surface area contributed by atoms with Crippen molar-refractivity contribution >= 4 is 19.8 Å². The van der Waals surface area contributed by atoms with Crippen LogP contribution in [0.25, 0.3) is 0 Å². The maximum absolute atomic E-state index is 12.3. The summed E-state index contributed by atoms with van der Waals surface area (Å²) in [6, 6.07) is 0.